The molecule has 0 radical (unpaired) electrons. The smallest absolute Gasteiger partial charge is 0.258 e. The fourth-order valence-electron chi connectivity index (χ4n) is 2.83. The van der Waals surface area contributed by atoms with Crippen molar-refractivity contribution < 1.29 is 17.9 Å². The molecule has 162 valence electrons. The summed E-state index contributed by atoms with van der Waals surface area (Å²) in [4.78, 5) is 12.1. The topological polar surface area (TPSA) is 84.5 Å². The zero-order valence-electron chi connectivity index (χ0n) is 16.9. The molecule has 0 bridgehead atoms. The van der Waals surface area contributed by atoms with Gasteiger partial charge in [-0.1, -0.05) is 54.1 Å². The van der Waals surface area contributed by atoms with Crippen molar-refractivity contribution in [3.8, 4) is 5.75 Å². The molecule has 31 heavy (non-hydrogen) atoms. The maximum atomic E-state index is 12.6. The van der Waals surface area contributed by atoms with Gasteiger partial charge in [-0.25, -0.2) is 13.1 Å². The van der Waals surface area contributed by atoms with Crippen LogP contribution >= 0.6 is 11.6 Å². The lowest BCUT2D eigenvalue weighted by Crippen LogP contribution is -2.28. The summed E-state index contributed by atoms with van der Waals surface area (Å²) in [7, 11) is -3.69. The van der Waals surface area contributed by atoms with E-state index >= 15 is 0 Å². The van der Waals surface area contributed by atoms with E-state index in [1.54, 1.807) is 19.1 Å². The average Bonchev–Trinajstić information content (AvgIpc) is 2.78. The molecule has 0 heterocycles. The maximum Gasteiger partial charge on any atom is 0.258 e. The number of rotatable bonds is 9. The molecule has 0 unspecified atom stereocenters. The van der Waals surface area contributed by atoms with Crippen LogP contribution in [0.4, 0.5) is 0 Å². The summed E-state index contributed by atoms with van der Waals surface area (Å²) in [6.45, 7) is 1.97. The van der Waals surface area contributed by atoms with Crippen LogP contribution in [-0.4, -0.2) is 20.9 Å². The average molecular weight is 459 g/mol. The summed E-state index contributed by atoms with van der Waals surface area (Å²) < 4.78 is 33.3. The van der Waals surface area contributed by atoms with E-state index in [-0.39, 0.29) is 23.5 Å². The number of ether oxygens (including phenoxy) is 1. The third-order valence-corrected chi connectivity index (χ3v) is 6.35. The van der Waals surface area contributed by atoms with E-state index in [0.717, 1.165) is 11.1 Å². The Hall–Kier alpha value is -2.87. The Morgan fingerprint density at radius 2 is 1.61 bits per heavy atom. The lowest BCUT2D eigenvalue weighted by Gasteiger charge is -2.15. The van der Waals surface area contributed by atoms with E-state index in [1.807, 2.05) is 42.5 Å². The predicted octanol–water partition coefficient (Wildman–Crippen LogP) is 4.07. The van der Waals surface area contributed by atoms with Gasteiger partial charge in [0.25, 0.3) is 5.91 Å². The van der Waals surface area contributed by atoms with E-state index < -0.39 is 10.0 Å². The third kappa shape index (κ3) is 6.82. The zero-order valence-corrected chi connectivity index (χ0v) is 18.5. The van der Waals surface area contributed by atoms with Gasteiger partial charge >= 0.3 is 0 Å². The van der Waals surface area contributed by atoms with Gasteiger partial charge in [0.2, 0.25) is 10.0 Å². The van der Waals surface area contributed by atoms with Gasteiger partial charge in [0.05, 0.1) is 4.90 Å². The number of sulfonamides is 1. The quantitative estimate of drug-likeness (QED) is 0.506. The highest BCUT2D eigenvalue weighted by molar-refractivity contribution is 7.89. The van der Waals surface area contributed by atoms with Crippen molar-refractivity contribution in [2.24, 2.45) is 0 Å². The van der Waals surface area contributed by atoms with Gasteiger partial charge < -0.3 is 10.1 Å². The molecule has 0 aliphatic rings. The van der Waals surface area contributed by atoms with Crippen molar-refractivity contribution in [2.75, 3.05) is 6.61 Å². The van der Waals surface area contributed by atoms with E-state index in [4.69, 9.17) is 16.3 Å². The molecular formula is C23H23ClN2O4S. The molecule has 6 nitrogen and oxygen atoms in total. The fraction of sp³-hybridized carbons (Fsp3) is 0.174. The normalized spacial score (nSPS) is 12.2. The highest BCUT2D eigenvalue weighted by atomic mass is 35.5. The SMILES string of the molecule is C[C@@H](NS(=O)(=O)c1ccc(OCC(=O)NCc2ccc(Cl)cc2)cc1)c1ccccc1. The highest BCUT2D eigenvalue weighted by Crippen LogP contribution is 2.19. The number of amides is 1. The zero-order chi connectivity index (χ0) is 22.3. The van der Waals surface area contributed by atoms with Crippen molar-refractivity contribution in [3.63, 3.8) is 0 Å². The number of hydrogen-bond acceptors (Lipinski definition) is 4. The van der Waals surface area contributed by atoms with E-state index in [1.165, 1.54) is 24.3 Å². The minimum atomic E-state index is -3.69. The number of carbonyl (C=O) groups excluding carboxylic acids is 1. The van der Waals surface area contributed by atoms with E-state index in [0.29, 0.717) is 17.3 Å². The Labute approximate surface area is 187 Å². The van der Waals surface area contributed by atoms with Crippen LogP contribution in [0.3, 0.4) is 0 Å². The van der Waals surface area contributed by atoms with Crippen molar-refractivity contribution >= 4 is 27.5 Å². The lowest BCUT2D eigenvalue weighted by atomic mass is 10.1. The maximum absolute atomic E-state index is 12.6. The molecule has 0 fully saturated rings. The monoisotopic (exact) mass is 458 g/mol. The van der Waals surface area contributed by atoms with Crippen LogP contribution in [0.25, 0.3) is 0 Å². The molecule has 2 N–H and O–H groups in total. The Kier molecular flexibility index (Phi) is 7.68. The van der Waals surface area contributed by atoms with Gasteiger partial charge in [-0.2, -0.15) is 0 Å². The summed E-state index contributed by atoms with van der Waals surface area (Å²) in [6, 6.07) is 22.1. The molecular weight excluding hydrogens is 436 g/mol. The molecule has 0 saturated carbocycles. The molecule has 1 atom stereocenters. The van der Waals surface area contributed by atoms with Crippen LogP contribution in [0.5, 0.6) is 5.75 Å². The van der Waals surface area contributed by atoms with Crippen LogP contribution in [-0.2, 0) is 21.4 Å². The van der Waals surface area contributed by atoms with Crippen LogP contribution < -0.4 is 14.8 Å². The number of halogens is 1. The fourth-order valence-corrected chi connectivity index (χ4v) is 4.19. The lowest BCUT2D eigenvalue weighted by molar-refractivity contribution is -0.123. The Balaban J connectivity index is 1.51. The second-order valence-electron chi connectivity index (χ2n) is 6.92. The highest BCUT2D eigenvalue weighted by Gasteiger charge is 2.18. The summed E-state index contributed by atoms with van der Waals surface area (Å²) in [6.07, 6.45) is 0. The second kappa shape index (κ2) is 10.4. The first-order valence-corrected chi connectivity index (χ1v) is 11.5. The minimum Gasteiger partial charge on any atom is -0.484 e. The Morgan fingerprint density at radius 3 is 2.26 bits per heavy atom. The third-order valence-electron chi connectivity index (χ3n) is 4.54. The Morgan fingerprint density at radius 1 is 0.968 bits per heavy atom. The number of benzene rings is 3. The van der Waals surface area contributed by atoms with Crippen molar-refractivity contribution in [3.05, 3.63) is 95.0 Å². The van der Waals surface area contributed by atoms with Crippen molar-refractivity contribution in [2.45, 2.75) is 24.4 Å². The Bertz CT molecular complexity index is 1100. The first-order chi connectivity index (χ1) is 14.8. The van der Waals surface area contributed by atoms with Gasteiger partial charge in [0.1, 0.15) is 5.75 Å². The number of carbonyl (C=O) groups is 1. The minimum absolute atomic E-state index is 0.120. The van der Waals surface area contributed by atoms with E-state index in [9.17, 15) is 13.2 Å². The number of hydrogen-bond donors (Lipinski definition) is 2. The van der Waals surface area contributed by atoms with Gasteiger partial charge in [0, 0.05) is 17.6 Å². The van der Waals surface area contributed by atoms with Crippen molar-refractivity contribution in [1.82, 2.24) is 10.0 Å². The summed E-state index contributed by atoms with van der Waals surface area (Å²) in [5.74, 6) is 0.113. The molecule has 3 aromatic carbocycles. The predicted molar refractivity (Wildman–Crippen MR) is 120 cm³/mol. The molecule has 3 aromatic rings. The molecule has 0 saturated heterocycles. The van der Waals surface area contributed by atoms with Crippen LogP contribution in [0, 0.1) is 0 Å². The van der Waals surface area contributed by atoms with Crippen LogP contribution in [0.1, 0.15) is 24.1 Å². The van der Waals surface area contributed by atoms with Gasteiger partial charge in [-0.05, 0) is 54.4 Å². The van der Waals surface area contributed by atoms with Gasteiger partial charge in [-0.3, -0.25) is 4.79 Å². The molecule has 3 rings (SSSR count). The van der Waals surface area contributed by atoms with Crippen LogP contribution in [0.15, 0.2) is 83.8 Å². The summed E-state index contributed by atoms with van der Waals surface area (Å²) >= 11 is 5.83. The number of nitrogens with one attached hydrogen (secondary N) is 2. The molecule has 8 heteroatoms. The molecule has 0 spiro atoms. The first-order valence-electron chi connectivity index (χ1n) is 9.65. The molecule has 0 aliphatic heterocycles. The second-order valence-corrected chi connectivity index (χ2v) is 9.07. The summed E-state index contributed by atoms with van der Waals surface area (Å²) in [5, 5.41) is 3.38. The largest absolute Gasteiger partial charge is 0.484 e. The standard InChI is InChI=1S/C23H23ClN2O4S/c1-17(19-5-3-2-4-6-19)26-31(28,29)22-13-11-21(12-14-22)30-16-23(27)25-15-18-7-9-20(24)10-8-18/h2-14,17,26H,15-16H2,1H3,(H,25,27)/t17-/m1/s1. The molecule has 0 aromatic heterocycles. The van der Waals surface area contributed by atoms with Gasteiger partial charge in [-0.15, -0.1) is 0 Å². The van der Waals surface area contributed by atoms with Crippen LogP contribution in [0.2, 0.25) is 5.02 Å². The van der Waals surface area contributed by atoms with Crippen molar-refractivity contribution in [1.29, 1.82) is 0 Å². The molecule has 1 amide bonds. The molecule has 0 aliphatic carbocycles. The van der Waals surface area contributed by atoms with Gasteiger partial charge in [0.15, 0.2) is 6.61 Å². The summed E-state index contributed by atoms with van der Waals surface area (Å²) in [5.41, 5.74) is 1.79. The first kappa shape index (κ1) is 22.8. The van der Waals surface area contributed by atoms with E-state index in [2.05, 4.69) is 10.0 Å².